The third-order valence-electron chi connectivity index (χ3n) is 7.13. The van der Waals surface area contributed by atoms with E-state index in [2.05, 4.69) is 16.3 Å². The van der Waals surface area contributed by atoms with E-state index in [0.29, 0.717) is 30.3 Å². The number of amides is 2. The molecule has 7 nitrogen and oxygen atoms in total. The van der Waals surface area contributed by atoms with Crippen molar-refractivity contribution in [3.63, 3.8) is 0 Å². The predicted molar refractivity (Wildman–Crippen MR) is 135 cm³/mol. The molecule has 2 saturated heterocycles. The number of piperazine rings is 1. The van der Waals surface area contributed by atoms with E-state index in [4.69, 9.17) is 21.1 Å². The second kappa shape index (κ2) is 10.2. The molecule has 0 radical (unpaired) electrons. The van der Waals surface area contributed by atoms with Gasteiger partial charge in [0.15, 0.2) is 5.76 Å². The van der Waals surface area contributed by atoms with E-state index in [9.17, 15) is 9.59 Å². The van der Waals surface area contributed by atoms with E-state index < -0.39 is 0 Å². The Kier molecular flexibility index (Phi) is 6.86. The van der Waals surface area contributed by atoms with Crippen LogP contribution in [0.25, 0.3) is 6.08 Å². The number of nitrogens with zero attached hydrogens (tertiary/aromatic N) is 2. The van der Waals surface area contributed by atoms with Crippen LogP contribution in [0.2, 0.25) is 5.02 Å². The fraction of sp³-hybridized carbons (Fsp3) is 0.407. The average Bonchev–Trinajstić information content (AvgIpc) is 2.90. The Morgan fingerprint density at radius 3 is 2.63 bits per heavy atom. The third-order valence-corrected chi connectivity index (χ3v) is 7.38. The maximum absolute atomic E-state index is 13.3. The van der Waals surface area contributed by atoms with E-state index in [1.54, 1.807) is 25.3 Å². The number of anilines is 1. The van der Waals surface area contributed by atoms with Gasteiger partial charge < -0.3 is 24.6 Å². The number of benzene rings is 2. The van der Waals surface area contributed by atoms with Gasteiger partial charge in [-0.05, 0) is 55.2 Å². The zero-order valence-electron chi connectivity index (χ0n) is 19.8. The van der Waals surface area contributed by atoms with Crippen molar-refractivity contribution in [1.29, 1.82) is 0 Å². The zero-order chi connectivity index (χ0) is 24.4. The molecule has 1 saturated carbocycles. The number of carbonyl (C=O) groups is 2. The number of morpholine rings is 1. The van der Waals surface area contributed by atoms with Crippen molar-refractivity contribution in [2.75, 3.05) is 38.2 Å². The van der Waals surface area contributed by atoms with Crippen LogP contribution in [-0.4, -0.2) is 62.1 Å². The molecule has 2 aliphatic heterocycles. The van der Waals surface area contributed by atoms with Gasteiger partial charge in [0.1, 0.15) is 11.9 Å². The Balaban J connectivity index is 1.16. The Bertz CT molecular complexity index is 1110. The number of carbonyl (C=O) groups excluding carboxylic acids is 2. The Hall–Kier alpha value is -3.19. The van der Waals surface area contributed by atoms with Gasteiger partial charge in [-0.3, -0.25) is 9.59 Å². The lowest BCUT2D eigenvalue weighted by Crippen LogP contribution is -2.56. The van der Waals surface area contributed by atoms with Crippen LogP contribution >= 0.6 is 11.6 Å². The number of hydrogen-bond acceptors (Lipinski definition) is 5. The van der Waals surface area contributed by atoms with Crippen molar-refractivity contribution in [1.82, 2.24) is 10.2 Å². The molecule has 3 atom stereocenters. The molecule has 0 spiro atoms. The van der Waals surface area contributed by atoms with Crippen LogP contribution in [0.15, 0.2) is 54.3 Å². The first-order valence-corrected chi connectivity index (χ1v) is 12.5. The standard InChI is InChI=1S/C27H30ClN3O4/c1-34-22-4-2-3-21(17-22)30-11-13-31(14-12-30)27(33)19-7-10-24-23(16-19)29-26(32)25(35-24)15-18-5-8-20(28)9-6-18/h2-6,8-9,15,17,19,23-24H,7,10-14,16H2,1H3,(H,29,32)/b25-15-. The van der Waals surface area contributed by atoms with Gasteiger partial charge in [-0.15, -0.1) is 0 Å². The molecule has 2 heterocycles. The number of hydrogen-bond donors (Lipinski definition) is 1. The van der Waals surface area contributed by atoms with Crippen molar-refractivity contribution in [3.8, 4) is 5.75 Å². The van der Waals surface area contributed by atoms with Gasteiger partial charge in [0.05, 0.1) is 13.2 Å². The fourth-order valence-electron chi connectivity index (χ4n) is 5.18. The molecule has 1 aliphatic carbocycles. The lowest BCUT2D eigenvalue weighted by atomic mass is 9.82. The van der Waals surface area contributed by atoms with Gasteiger partial charge in [0.25, 0.3) is 5.91 Å². The summed E-state index contributed by atoms with van der Waals surface area (Å²) in [5.74, 6) is 1.00. The Morgan fingerprint density at radius 1 is 1.11 bits per heavy atom. The first-order valence-electron chi connectivity index (χ1n) is 12.1. The van der Waals surface area contributed by atoms with E-state index in [1.165, 1.54) is 0 Å². The maximum Gasteiger partial charge on any atom is 0.286 e. The van der Waals surface area contributed by atoms with Crippen LogP contribution in [0.3, 0.4) is 0 Å². The van der Waals surface area contributed by atoms with Crippen LogP contribution in [0.1, 0.15) is 24.8 Å². The van der Waals surface area contributed by atoms with Crippen LogP contribution in [0.4, 0.5) is 5.69 Å². The summed E-state index contributed by atoms with van der Waals surface area (Å²) in [6.45, 7) is 2.96. The number of methoxy groups -OCH3 is 1. The lowest BCUT2D eigenvalue weighted by Gasteiger charge is -2.42. The highest BCUT2D eigenvalue weighted by molar-refractivity contribution is 6.30. The topological polar surface area (TPSA) is 71.1 Å². The van der Waals surface area contributed by atoms with Crippen LogP contribution in [0, 0.1) is 5.92 Å². The summed E-state index contributed by atoms with van der Waals surface area (Å²) in [5, 5.41) is 3.72. The lowest BCUT2D eigenvalue weighted by molar-refractivity contribution is -0.141. The summed E-state index contributed by atoms with van der Waals surface area (Å²) in [6, 6.07) is 15.1. The summed E-state index contributed by atoms with van der Waals surface area (Å²) >= 11 is 5.95. The molecule has 3 fully saturated rings. The monoisotopic (exact) mass is 495 g/mol. The summed E-state index contributed by atoms with van der Waals surface area (Å²) in [6.07, 6.45) is 3.74. The molecule has 2 aromatic rings. The van der Waals surface area contributed by atoms with Crippen LogP contribution < -0.4 is 15.0 Å². The zero-order valence-corrected chi connectivity index (χ0v) is 20.5. The SMILES string of the molecule is COc1cccc(N2CCN(C(=O)C3CCC4O/C(=C\c5ccc(Cl)cc5)C(=O)NC4C3)CC2)c1. The minimum absolute atomic E-state index is 0.0923. The summed E-state index contributed by atoms with van der Waals surface area (Å²) < 4.78 is 11.4. The van der Waals surface area contributed by atoms with Gasteiger partial charge in [-0.2, -0.15) is 0 Å². The van der Waals surface area contributed by atoms with Gasteiger partial charge in [-0.1, -0.05) is 29.8 Å². The minimum Gasteiger partial charge on any atom is -0.497 e. The normalized spacial score (nSPS) is 25.5. The van der Waals surface area contributed by atoms with Gasteiger partial charge >= 0.3 is 0 Å². The molecule has 3 unspecified atom stereocenters. The number of fused-ring (bicyclic) bond motifs is 1. The fourth-order valence-corrected chi connectivity index (χ4v) is 5.30. The molecular formula is C27H30ClN3O4. The first-order chi connectivity index (χ1) is 17.0. The second-order valence-corrected chi connectivity index (χ2v) is 9.76. The summed E-state index contributed by atoms with van der Waals surface area (Å²) in [4.78, 5) is 30.2. The predicted octanol–water partition coefficient (Wildman–Crippen LogP) is 3.72. The van der Waals surface area contributed by atoms with Crippen molar-refractivity contribution in [3.05, 3.63) is 64.9 Å². The number of rotatable bonds is 4. The largest absolute Gasteiger partial charge is 0.497 e. The number of nitrogens with one attached hydrogen (secondary N) is 1. The Labute approximate surface area is 210 Å². The molecule has 8 heteroatoms. The molecular weight excluding hydrogens is 466 g/mol. The molecule has 2 amide bonds. The summed E-state index contributed by atoms with van der Waals surface area (Å²) in [7, 11) is 1.67. The quantitative estimate of drug-likeness (QED) is 0.654. The van der Waals surface area contributed by atoms with Crippen molar-refractivity contribution in [2.45, 2.75) is 31.4 Å². The average molecular weight is 496 g/mol. The highest BCUT2D eigenvalue weighted by Gasteiger charge is 2.41. The smallest absolute Gasteiger partial charge is 0.286 e. The molecule has 5 rings (SSSR count). The van der Waals surface area contributed by atoms with Crippen molar-refractivity contribution >= 4 is 35.2 Å². The molecule has 2 aromatic carbocycles. The van der Waals surface area contributed by atoms with Crippen molar-refractivity contribution in [2.24, 2.45) is 5.92 Å². The molecule has 184 valence electrons. The Morgan fingerprint density at radius 2 is 1.89 bits per heavy atom. The van der Waals surface area contributed by atoms with Crippen molar-refractivity contribution < 1.29 is 19.1 Å². The van der Waals surface area contributed by atoms with E-state index in [0.717, 1.165) is 42.9 Å². The van der Waals surface area contributed by atoms with Gasteiger partial charge in [-0.25, -0.2) is 0 Å². The first kappa shape index (κ1) is 23.5. The van der Waals surface area contributed by atoms with Gasteiger partial charge in [0.2, 0.25) is 5.91 Å². The van der Waals surface area contributed by atoms with Gasteiger partial charge in [0, 0.05) is 48.9 Å². The van der Waals surface area contributed by atoms with E-state index in [1.807, 2.05) is 35.2 Å². The highest BCUT2D eigenvalue weighted by atomic mass is 35.5. The molecule has 0 bridgehead atoms. The number of ether oxygens (including phenoxy) is 2. The second-order valence-electron chi connectivity index (χ2n) is 9.32. The highest BCUT2D eigenvalue weighted by Crippen LogP contribution is 2.33. The van der Waals surface area contributed by atoms with E-state index in [-0.39, 0.29) is 29.9 Å². The molecule has 0 aromatic heterocycles. The summed E-state index contributed by atoms with van der Waals surface area (Å²) in [5.41, 5.74) is 1.97. The molecule has 3 aliphatic rings. The third kappa shape index (κ3) is 5.25. The molecule has 35 heavy (non-hydrogen) atoms. The maximum atomic E-state index is 13.3. The van der Waals surface area contributed by atoms with Crippen LogP contribution in [-0.2, 0) is 14.3 Å². The van der Waals surface area contributed by atoms with E-state index >= 15 is 0 Å². The minimum atomic E-state index is -0.235. The molecule has 1 N–H and O–H groups in total. The number of halogens is 1. The van der Waals surface area contributed by atoms with Crippen LogP contribution in [0.5, 0.6) is 5.75 Å².